The van der Waals surface area contributed by atoms with Crippen molar-refractivity contribution in [2.75, 3.05) is 7.11 Å². The second-order valence-electron chi connectivity index (χ2n) is 5.06. The van der Waals surface area contributed by atoms with E-state index in [-0.39, 0.29) is 0 Å². The maximum absolute atomic E-state index is 5.24. The lowest BCUT2D eigenvalue weighted by Crippen LogP contribution is -2.14. The minimum absolute atomic E-state index is 0.401. The normalized spacial score (nSPS) is 12.0. The molecule has 0 spiro atoms. The number of hydrogen-bond donors (Lipinski definition) is 0. The van der Waals surface area contributed by atoms with Crippen molar-refractivity contribution in [3.8, 4) is 0 Å². The summed E-state index contributed by atoms with van der Waals surface area (Å²) in [6, 6.07) is 0. The van der Waals surface area contributed by atoms with E-state index in [0.29, 0.717) is 14.8 Å². The molecule has 0 aromatic carbocycles. The molecule has 2 radical (unpaired) electrons. The summed E-state index contributed by atoms with van der Waals surface area (Å²) in [6.07, 6.45) is 11.1. The Bertz CT molecular complexity index is 134. The molecule has 0 aliphatic carbocycles. The van der Waals surface area contributed by atoms with Crippen molar-refractivity contribution in [2.45, 2.75) is 77.2 Å². The molecule has 15 heavy (non-hydrogen) atoms. The van der Waals surface area contributed by atoms with Crippen molar-refractivity contribution >= 4 is 9.76 Å². The van der Waals surface area contributed by atoms with Crippen LogP contribution in [0.3, 0.4) is 0 Å². The Kier molecular flexibility index (Phi) is 9.52. The number of hydrogen-bond acceptors (Lipinski definition) is 1. The summed E-state index contributed by atoms with van der Waals surface area (Å²) < 4.78 is 5.24. The van der Waals surface area contributed by atoms with Crippen molar-refractivity contribution in [1.82, 2.24) is 0 Å². The largest absolute Gasteiger partial charge is 0.420 e. The first-order valence-electron chi connectivity index (χ1n) is 6.42. The summed E-state index contributed by atoms with van der Waals surface area (Å²) in [5.41, 5.74) is 0. The van der Waals surface area contributed by atoms with Gasteiger partial charge >= 0.3 is 0 Å². The van der Waals surface area contributed by atoms with Gasteiger partial charge in [0, 0.05) is 7.11 Å². The van der Waals surface area contributed by atoms with Crippen molar-refractivity contribution in [3.63, 3.8) is 0 Å². The summed E-state index contributed by atoms with van der Waals surface area (Å²) in [5.74, 6) is 0. The van der Waals surface area contributed by atoms with Crippen molar-refractivity contribution in [3.05, 3.63) is 0 Å². The van der Waals surface area contributed by atoms with Gasteiger partial charge in [-0.3, -0.25) is 0 Å². The summed E-state index contributed by atoms with van der Waals surface area (Å²) >= 11 is 0. The lowest BCUT2D eigenvalue weighted by atomic mass is 10.0. The van der Waals surface area contributed by atoms with E-state index < -0.39 is 0 Å². The third-order valence-corrected chi connectivity index (χ3v) is 3.79. The monoisotopic (exact) mass is 228 g/mol. The molecule has 0 aromatic rings. The predicted octanol–water partition coefficient (Wildman–Crippen LogP) is 4.59. The first-order chi connectivity index (χ1) is 7.12. The fraction of sp³-hybridized carbons (Fsp3) is 1.00. The molecule has 0 bridgehead atoms. The Labute approximate surface area is 98.9 Å². The van der Waals surface area contributed by atoms with Gasteiger partial charge in [-0.2, -0.15) is 0 Å². The third-order valence-electron chi connectivity index (χ3n) is 2.78. The molecule has 0 fully saturated rings. The average Bonchev–Trinajstić information content (AvgIpc) is 2.16. The fourth-order valence-corrected chi connectivity index (χ4v) is 2.68. The van der Waals surface area contributed by atoms with Crippen LogP contribution >= 0.6 is 0 Å². The zero-order chi connectivity index (χ0) is 11.6. The molecule has 1 nitrogen and oxygen atoms in total. The standard InChI is InChI=1S/C13H28OSi/c1-5-6-7-8-9-10-11-12-13(2,3)15-14-4/h5-12H2,1-4H3. The highest BCUT2D eigenvalue weighted by atomic mass is 28.2. The molecule has 2 heteroatoms. The Morgan fingerprint density at radius 2 is 1.47 bits per heavy atom. The van der Waals surface area contributed by atoms with Gasteiger partial charge in [0.25, 0.3) is 0 Å². The van der Waals surface area contributed by atoms with Crippen LogP contribution < -0.4 is 0 Å². The summed E-state index contributed by atoms with van der Waals surface area (Å²) in [6.45, 7) is 6.90. The van der Waals surface area contributed by atoms with E-state index >= 15 is 0 Å². The van der Waals surface area contributed by atoms with Crippen LogP contribution in [0.15, 0.2) is 0 Å². The van der Waals surface area contributed by atoms with E-state index in [1.165, 1.54) is 51.4 Å². The molecule has 0 aliphatic rings. The van der Waals surface area contributed by atoms with Gasteiger partial charge < -0.3 is 4.43 Å². The maximum Gasteiger partial charge on any atom is 0.235 e. The molecule has 0 aliphatic heterocycles. The molecule has 0 N–H and O–H groups in total. The minimum atomic E-state index is 0.401. The highest BCUT2D eigenvalue weighted by molar-refractivity contribution is 6.31. The summed E-state index contributed by atoms with van der Waals surface area (Å²) in [7, 11) is 2.46. The molecular weight excluding hydrogens is 200 g/mol. The minimum Gasteiger partial charge on any atom is -0.420 e. The second-order valence-corrected chi connectivity index (χ2v) is 7.03. The van der Waals surface area contributed by atoms with E-state index in [9.17, 15) is 0 Å². The van der Waals surface area contributed by atoms with Crippen LogP contribution in [0.1, 0.15) is 72.1 Å². The molecule has 0 amide bonds. The quantitative estimate of drug-likeness (QED) is 0.392. The van der Waals surface area contributed by atoms with E-state index in [1.54, 1.807) is 0 Å². The molecule has 0 heterocycles. The zero-order valence-electron chi connectivity index (χ0n) is 11.1. The van der Waals surface area contributed by atoms with E-state index in [2.05, 4.69) is 20.8 Å². The highest BCUT2D eigenvalue weighted by Crippen LogP contribution is 2.30. The molecule has 0 unspecified atom stereocenters. The molecule has 0 saturated heterocycles. The van der Waals surface area contributed by atoms with Gasteiger partial charge in [0.15, 0.2) is 0 Å². The predicted molar refractivity (Wildman–Crippen MR) is 69.4 cm³/mol. The van der Waals surface area contributed by atoms with Gasteiger partial charge in [-0.25, -0.2) is 0 Å². The van der Waals surface area contributed by atoms with Crippen LogP contribution in [-0.4, -0.2) is 16.9 Å². The first kappa shape index (κ1) is 15.2. The topological polar surface area (TPSA) is 9.23 Å². The lowest BCUT2D eigenvalue weighted by Gasteiger charge is -2.21. The number of rotatable bonds is 10. The van der Waals surface area contributed by atoms with Crippen molar-refractivity contribution < 1.29 is 4.43 Å². The van der Waals surface area contributed by atoms with E-state index in [0.717, 1.165) is 0 Å². The zero-order valence-corrected chi connectivity index (χ0v) is 12.1. The maximum atomic E-state index is 5.24. The highest BCUT2D eigenvalue weighted by Gasteiger charge is 2.18. The van der Waals surface area contributed by atoms with Crippen LogP contribution in [-0.2, 0) is 4.43 Å². The van der Waals surface area contributed by atoms with Crippen molar-refractivity contribution in [1.29, 1.82) is 0 Å². The van der Waals surface area contributed by atoms with Gasteiger partial charge in [-0.05, 0) is 11.5 Å². The van der Waals surface area contributed by atoms with Crippen LogP contribution in [0.2, 0.25) is 5.04 Å². The Morgan fingerprint density at radius 1 is 0.933 bits per heavy atom. The Morgan fingerprint density at radius 3 is 2.00 bits per heavy atom. The molecular formula is C13H28OSi. The van der Waals surface area contributed by atoms with E-state index in [1.807, 2.05) is 7.11 Å². The van der Waals surface area contributed by atoms with Gasteiger partial charge in [0.1, 0.15) is 0 Å². The van der Waals surface area contributed by atoms with Crippen LogP contribution in [0, 0.1) is 0 Å². The fourth-order valence-electron chi connectivity index (χ4n) is 1.85. The molecule has 0 rings (SSSR count). The molecule has 0 aromatic heterocycles. The van der Waals surface area contributed by atoms with E-state index in [4.69, 9.17) is 4.43 Å². The Balaban J connectivity index is 3.22. The number of unbranched alkanes of at least 4 members (excludes halogenated alkanes) is 6. The molecule has 90 valence electrons. The summed E-state index contributed by atoms with van der Waals surface area (Å²) in [5, 5.41) is 0.401. The SMILES string of the molecule is CCCCCCCCCC(C)(C)[Si]OC. The van der Waals surface area contributed by atoms with Gasteiger partial charge in [0.2, 0.25) is 9.76 Å². The van der Waals surface area contributed by atoms with Gasteiger partial charge in [-0.15, -0.1) is 0 Å². The van der Waals surface area contributed by atoms with Crippen LogP contribution in [0.4, 0.5) is 0 Å². The van der Waals surface area contributed by atoms with Gasteiger partial charge in [-0.1, -0.05) is 65.7 Å². The van der Waals surface area contributed by atoms with Crippen LogP contribution in [0.25, 0.3) is 0 Å². The molecule has 0 atom stereocenters. The van der Waals surface area contributed by atoms with Crippen LogP contribution in [0.5, 0.6) is 0 Å². The lowest BCUT2D eigenvalue weighted by molar-refractivity contribution is 0.396. The third kappa shape index (κ3) is 10.5. The van der Waals surface area contributed by atoms with Gasteiger partial charge in [0.05, 0.1) is 0 Å². The summed E-state index contributed by atoms with van der Waals surface area (Å²) in [4.78, 5) is 0. The first-order valence-corrected chi connectivity index (χ1v) is 7.33. The van der Waals surface area contributed by atoms with Crippen molar-refractivity contribution in [2.24, 2.45) is 0 Å². The second kappa shape index (κ2) is 9.41. The smallest absolute Gasteiger partial charge is 0.235 e. The Hall–Kier alpha value is 0.177. The molecule has 0 saturated carbocycles. The average molecular weight is 228 g/mol.